The smallest absolute Gasteiger partial charge is 0.0316 e. The molecule has 0 amide bonds. The lowest BCUT2D eigenvalue weighted by molar-refractivity contribution is 1.20. The molecular weight excluding hydrogens is 168 g/mol. The van der Waals surface area contributed by atoms with Crippen LogP contribution in [0.3, 0.4) is 0 Å². The third kappa shape index (κ3) is 1.30. The van der Waals surface area contributed by atoms with Crippen LogP contribution in [0.1, 0.15) is 33.4 Å². The normalized spacial score (nSPS) is 9.29. The van der Waals surface area contributed by atoms with Crippen molar-refractivity contribution in [1.29, 1.82) is 0 Å². The number of hydrogen-bond acceptors (Lipinski definition) is 0. The third-order valence-electron chi connectivity index (χ3n) is 2.91. The molecule has 0 aliphatic carbocycles. The molecule has 0 unspecified atom stereocenters. The molecule has 0 N–H and O–H groups in total. The highest BCUT2D eigenvalue weighted by molar-refractivity contribution is 5.60. The van der Waals surface area contributed by atoms with Gasteiger partial charge in [-0.2, -0.15) is 0 Å². The number of hydrogen-bond donors (Lipinski definition) is 0. The van der Waals surface area contributed by atoms with E-state index >= 15 is 0 Å². The molecule has 0 saturated heterocycles. The van der Waals surface area contributed by atoms with Crippen LogP contribution in [0.25, 0.3) is 0 Å². The van der Waals surface area contributed by atoms with E-state index in [9.17, 15) is 0 Å². The van der Waals surface area contributed by atoms with Gasteiger partial charge in [0, 0.05) is 11.1 Å². The molecule has 0 heterocycles. The van der Waals surface area contributed by atoms with E-state index in [1.807, 2.05) is 20.8 Å². The average Bonchev–Trinajstić information content (AvgIpc) is 2.16. The molecule has 0 nitrogen and oxygen atoms in total. The summed E-state index contributed by atoms with van der Waals surface area (Å²) < 4.78 is 0. The second-order valence-corrected chi connectivity index (χ2v) is 3.54. The standard InChI is InChI=1S/C14H14/c1-7-13-10(4)9(3)11(5)14(8-2)12(13)6/h1-2H,3-6H3. The highest BCUT2D eigenvalue weighted by atomic mass is 14.1. The zero-order chi connectivity index (χ0) is 10.9. The van der Waals surface area contributed by atoms with E-state index in [1.165, 1.54) is 16.7 Å². The predicted octanol–water partition coefficient (Wildman–Crippen LogP) is 2.88. The van der Waals surface area contributed by atoms with Crippen LogP contribution < -0.4 is 0 Å². The van der Waals surface area contributed by atoms with Gasteiger partial charge in [0.15, 0.2) is 0 Å². The molecule has 0 heteroatoms. The first kappa shape index (κ1) is 10.4. The molecule has 0 saturated carbocycles. The van der Waals surface area contributed by atoms with Crippen LogP contribution >= 0.6 is 0 Å². The van der Waals surface area contributed by atoms with Gasteiger partial charge in [0.2, 0.25) is 0 Å². The van der Waals surface area contributed by atoms with Gasteiger partial charge in [-0.15, -0.1) is 12.8 Å². The molecule has 0 bridgehead atoms. The third-order valence-corrected chi connectivity index (χ3v) is 2.91. The van der Waals surface area contributed by atoms with Crippen molar-refractivity contribution in [3.05, 3.63) is 33.4 Å². The van der Waals surface area contributed by atoms with Crippen LogP contribution in [0.5, 0.6) is 0 Å². The second kappa shape index (κ2) is 3.60. The topological polar surface area (TPSA) is 0 Å². The fraction of sp³-hybridized carbons (Fsp3) is 0.286. The molecule has 1 aromatic rings. The summed E-state index contributed by atoms with van der Waals surface area (Å²) in [6.45, 7) is 8.14. The van der Waals surface area contributed by atoms with E-state index in [1.54, 1.807) is 0 Å². The first-order chi connectivity index (χ1) is 6.54. The van der Waals surface area contributed by atoms with Crippen molar-refractivity contribution in [1.82, 2.24) is 0 Å². The Bertz CT molecular complexity index is 421. The highest BCUT2D eigenvalue weighted by Crippen LogP contribution is 2.25. The first-order valence-electron chi connectivity index (χ1n) is 4.58. The van der Waals surface area contributed by atoms with Gasteiger partial charge in [-0.05, 0) is 49.9 Å². The quantitative estimate of drug-likeness (QED) is 0.541. The van der Waals surface area contributed by atoms with Gasteiger partial charge in [0.05, 0.1) is 0 Å². The van der Waals surface area contributed by atoms with Crippen molar-refractivity contribution in [3.8, 4) is 24.7 Å². The molecule has 0 fully saturated rings. The summed E-state index contributed by atoms with van der Waals surface area (Å²) in [5.74, 6) is 5.42. The molecule has 0 atom stereocenters. The Morgan fingerprint density at radius 3 is 1.29 bits per heavy atom. The number of benzene rings is 1. The van der Waals surface area contributed by atoms with Crippen molar-refractivity contribution >= 4 is 0 Å². The zero-order valence-corrected chi connectivity index (χ0v) is 9.15. The largest absolute Gasteiger partial charge is 0.115 e. The lowest BCUT2D eigenvalue weighted by atomic mass is 9.89. The van der Waals surface area contributed by atoms with Crippen LogP contribution in [0.2, 0.25) is 0 Å². The average molecular weight is 182 g/mol. The Labute approximate surface area is 86.3 Å². The van der Waals surface area contributed by atoms with E-state index in [2.05, 4.69) is 18.8 Å². The van der Waals surface area contributed by atoms with Crippen LogP contribution in [0.15, 0.2) is 0 Å². The Kier molecular flexibility index (Phi) is 2.68. The fourth-order valence-electron chi connectivity index (χ4n) is 1.78. The molecule has 1 rings (SSSR count). The molecule has 14 heavy (non-hydrogen) atoms. The number of terminal acetylenes is 2. The molecule has 0 spiro atoms. The van der Waals surface area contributed by atoms with E-state index < -0.39 is 0 Å². The van der Waals surface area contributed by atoms with Crippen LogP contribution in [-0.2, 0) is 0 Å². The molecule has 0 aliphatic heterocycles. The Hall–Kier alpha value is -1.66. The second-order valence-electron chi connectivity index (χ2n) is 3.54. The van der Waals surface area contributed by atoms with E-state index in [-0.39, 0.29) is 0 Å². The van der Waals surface area contributed by atoms with E-state index in [0.717, 1.165) is 16.7 Å². The maximum atomic E-state index is 5.48. The molecule has 0 aromatic heterocycles. The van der Waals surface area contributed by atoms with Gasteiger partial charge >= 0.3 is 0 Å². The van der Waals surface area contributed by atoms with E-state index in [0.29, 0.717) is 0 Å². The van der Waals surface area contributed by atoms with Gasteiger partial charge in [0.1, 0.15) is 0 Å². The van der Waals surface area contributed by atoms with Gasteiger partial charge in [0.25, 0.3) is 0 Å². The van der Waals surface area contributed by atoms with Gasteiger partial charge in [-0.1, -0.05) is 11.8 Å². The number of rotatable bonds is 0. The zero-order valence-electron chi connectivity index (χ0n) is 9.15. The van der Waals surface area contributed by atoms with Crippen molar-refractivity contribution in [2.24, 2.45) is 0 Å². The Morgan fingerprint density at radius 1 is 0.643 bits per heavy atom. The van der Waals surface area contributed by atoms with Crippen molar-refractivity contribution in [3.63, 3.8) is 0 Å². The van der Waals surface area contributed by atoms with Crippen molar-refractivity contribution in [2.75, 3.05) is 0 Å². The van der Waals surface area contributed by atoms with Crippen LogP contribution in [0.4, 0.5) is 0 Å². The summed E-state index contributed by atoms with van der Waals surface area (Å²) in [5, 5.41) is 0. The maximum absolute atomic E-state index is 5.48. The van der Waals surface area contributed by atoms with Crippen molar-refractivity contribution in [2.45, 2.75) is 27.7 Å². The minimum absolute atomic E-state index is 0.945. The predicted molar refractivity (Wildman–Crippen MR) is 61.3 cm³/mol. The van der Waals surface area contributed by atoms with Crippen LogP contribution in [-0.4, -0.2) is 0 Å². The van der Waals surface area contributed by atoms with Gasteiger partial charge < -0.3 is 0 Å². The Morgan fingerprint density at radius 2 is 1.00 bits per heavy atom. The lowest BCUT2D eigenvalue weighted by Gasteiger charge is -2.14. The fourth-order valence-corrected chi connectivity index (χ4v) is 1.78. The summed E-state index contributed by atoms with van der Waals surface area (Å²) in [6, 6.07) is 0. The highest BCUT2D eigenvalue weighted by Gasteiger charge is 2.11. The van der Waals surface area contributed by atoms with Crippen LogP contribution in [0, 0.1) is 52.4 Å². The summed E-state index contributed by atoms with van der Waals surface area (Å²) in [7, 11) is 0. The van der Waals surface area contributed by atoms with Gasteiger partial charge in [-0.25, -0.2) is 0 Å². The summed E-state index contributed by atoms with van der Waals surface area (Å²) >= 11 is 0. The van der Waals surface area contributed by atoms with E-state index in [4.69, 9.17) is 12.8 Å². The maximum Gasteiger partial charge on any atom is 0.0316 e. The van der Waals surface area contributed by atoms with Gasteiger partial charge in [-0.3, -0.25) is 0 Å². The minimum atomic E-state index is 0.945. The first-order valence-corrected chi connectivity index (χ1v) is 4.58. The minimum Gasteiger partial charge on any atom is -0.115 e. The molecular formula is C14H14. The molecule has 0 radical (unpaired) electrons. The lowest BCUT2D eigenvalue weighted by Crippen LogP contribution is -2.00. The molecule has 0 aliphatic rings. The molecule has 70 valence electrons. The molecule has 1 aromatic carbocycles. The Balaban J connectivity index is 3.78. The SMILES string of the molecule is C#Cc1c(C)c(C)c(C)c(C#C)c1C. The monoisotopic (exact) mass is 182 g/mol. The summed E-state index contributed by atoms with van der Waals surface area (Å²) in [5.41, 5.74) is 6.48. The summed E-state index contributed by atoms with van der Waals surface area (Å²) in [4.78, 5) is 0. The summed E-state index contributed by atoms with van der Waals surface area (Å²) in [6.07, 6.45) is 11.0. The van der Waals surface area contributed by atoms with Crippen molar-refractivity contribution < 1.29 is 0 Å².